The lowest BCUT2D eigenvalue weighted by atomic mass is 9.89. The first-order chi connectivity index (χ1) is 38.1. The molecule has 0 saturated heterocycles. The van der Waals surface area contributed by atoms with Crippen molar-refractivity contribution in [1.82, 2.24) is 37.2 Å². The van der Waals surface area contributed by atoms with Gasteiger partial charge in [0.2, 0.25) is 41.4 Å². The molecule has 0 aliphatic rings. The van der Waals surface area contributed by atoms with Gasteiger partial charge in [0.15, 0.2) is 0 Å². The van der Waals surface area contributed by atoms with E-state index in [9.17, 15) is 33.6 Å². The molecular weight excluding hydrogens is 1020 g/mol. The largest absolute Gasteiger partial charge is 0.378 e. The van der Waals surface area contributed by atoms with Crippen LogP contribution in [0, 0.1) is 21.7 Å². The second kappa shape index (κ2) is 45.6. The maximum Gasteiger partial charge on any atom is 0.222 e. The molecule has 0 saturated carbocycles. The smallest absolute Gasteiger partial charge is 0.222 e. The monoisotopic (exact) mass is 1150 g/mol. The minimum absolute atomic E-state index is 0.0358. The van der Waals surface area contributed by atoms with Gasteiger partial charge in [0, 0.05) is 84.2 Å². The zero-order valence-electron chi connectivity index (χ0n) is 54.2. The van der Waals surface area contributed by atoms with Crippen LogP contribution in [0.15, 0.2) is 0 Å². The van der Waals surface area contributed by atoms with Gasteiger partial charge in [-0.25, -0.2) is 0 Å². The zero-order chi connectivity index (χ0) is 60.9. The standard InChI is InChI=1S/C65H125N7O9/c1-61(2,3)39-24-18-16-14-13-15-17-22-33-60(79)72-65(40-25-23-32-54(73)66-44-26-19-27-45-67-55(74)34-41-62(4,5)6,52-80-50-37-58(77)70-48-30-20-28-46-68-56(75)35-42-63(7,8)9)53-81-51-38-59(78)71-49-31-21-29-47-69-57(76)36-43-64(10,11)12/h13-53H2,1-12H3,(H,66,73)(H,67,74)(H,68,75)(H,69,76)(H,70,77)(H,71,78)(H,72,79). The molecular formula is C65H125N7O9. The van der Waals surface area contributed by atoms with E-state index >= 15 is 0 Å². The van der Waals surface area contributed by atoms with Crippen molar-refractivity contribution in [2.75, 3.05) is 65.7 Å². The first-order valence-electron chi connectivity index (χ1n) is 32.2. The predicted molar refractivity (Wildman–Crippen MR) is 332 cm³/mol. The lowest BCUT2D eigenvalue weighted by Crippen LogP contribution is -2.55. The summed E-state index contributed by atoms with van der Waals surface area (Å²) in [6, 6.07) is 0. The van der Waals surface area contributed by atoms with Crippen LogP contribution in [-0.4, -0.2) is 113 Å². The maximum atomic E-state index is 13.8. The Labute approximate surface area is 494 Å². The minimum atomic E-state index is -0.958. The van der Waals surface area contributed by atoms with Gasteiger partial charge in [-0.1, -0.05) is 134 Å². The van der Waals surface area contributed by atoms with Gasteiger partial charge in [0.1, 0.15) is 0 Å². The second-order valence-corrected chi connectivity index (χ2v) is 28.0. The average Bonchev–Trinajstić information content (AvgIpc) is 3.37. The van der Waals surface area contributed by atoms with E-state index in [1.807, 2.05) is 0 Å². The van der Waals surface area contributed by atoms with E-state index in [2.05, 4.69) is 120 Å². The molecule has 16 nitrogen and oxygen atoms in total. The number of nitrogens with one attached hydrogen (secondary N) is 7. The molecule has 0 aromatic rings. The molecule has 16 heteroatoms. The molecule has 0 rings (SSSR count). The van der Waals surface area contributed by atoms with E-state index in [1.54, 1.807) is 0 Å². The molecule has 0 aliphatic carbocycles. The third kappa shape index (κ3) is 55.2. The molecule has 474 valence electrons. The highest BCUT2D eigenvalue weighted by Crippen LogP contribution is 2.25. The summed E-state index contributed by atoms with van der Waals surface area (Å²) in [6.45, 7) is 30.0. The molecule has 0 spiro atoms. The summed E-state index contributed by atoms with van der Waals surface area (Å²) < 4.78 is 12.5. The maximum absolute atomic E-state index is 13.8. The second-order valence-electron chi connectivity index (χ2n) is 28.0. The average molecular weight is 1150 g/mol. The number of amides is 7. The summed E-state index contributed by atoms with van der Waals surface area (Å²) >= 11 is 0. The normalized spacial score (nSPS) is 12.2. The van der Waals surface area contributed by atoms with Gasteiger partial charge < -0.3 is 46.7 Å². The van der Waals surface area contributed by atoms with Crippen LogP contribution >= 0.6 is 0 Å². The van der Waals surface area contributed by atoms with E-state index in [0.717, 1.165) is 103 Å². The van der Waals surface area contributed by atoms with Gasteiger partial charge in [-0.2, -0.15) is 0 Å². The molecule has 0 atom stereocenters. The third-order valence-electron chi connectivity index (χ3n) is 14.3. The summed E-state index contributed by atoms with van der Waals surface area (Å²) in [4.78, 5) is 89.1. The molecule has 7 amide bonds. The number of hydrogen-bond acceptors (Lipinski definition) is 9. The SMILES string of the molecule is CC(C)(C)CCCCCCCCCCC(=O)NC(CCCCC(=O)NCCCCCNC(=O)CCC(C)(C)C)(COCCC(=O)NCCCCCNC(=O)CCC(C)(C)C)COCCC(=O)NCCCCCNC(=O)CCC(C)(C)C. The zero-order valence-corrected chi connectivity index (χ0v) is 54.2. The first-order valence-corrected chi connectivity index (χ1v) is 32.2. The Balaban J connectivity index is 5.56. The van der Waals surface area contributed by atoms with E-state index < -0.39 is 5.54 Å². The van der Waals surface area contributed by atoms with Crippen molar-refractivity contribution in [3.8, 4) is 0 Å². The van der Waals surface area contributed by atoms with Crippen molar-refractivity contribution in [1.29, 1.82) is 0 Å². The summed E-state index contributed by atoms with van der Waals surface area (Å²) in [6.07, 6.45) is 24.5. The molecule has 0 heterocycles. The Morgan fingerprint density at radius 2 is 0.506 bits per heavy atom. The lowest BCUT2D eigenvalue weighted by Gasteiger charge is -2.35. The van der Waals surface area contributed by atoms with Crippen molar-refractivity contribution >= 4 is 41.4 Å². The molecule has 0 fully saturated rings. The lowest BCUT2D eigenvalue weighted by molar-refractivity contribution is -0.128. The topological polar surface area (TPSA) is 222 Å². The van der Waals surface area contributed by atoms with Crippen molar-refractivity contribution in [2.24, 2.45) is 21.7 Å². The number of carbonyl (C=O) groups excluding carboxylic acids is 7. The fourth-order valence-electron chi connectivity index (χ4n) is 8.94. The van der Waals surface area contributed by atoms with Crippen LogP contribution in [0.5, 0.6) is 0 Å². The van der Waals surface area contributed by atoms with Crippen molar-refractivity contribution in [3.63, 3.8) is 0 Å². The van der Waals surface area contributed by atoms with Gasteiger partial charge >= 0.3 is 0 Å². The summed E-state index contributed by atoms with van der Waals surface area (Å²) in [5, 5.41) is 21.3. The van der Waals surface area contributed by atoms with Gasteiger partial charge in [0.05, 0.1) is 32.0 Å². The highest BCUT2D eigenvalue weighted by atomic mass is 16.5. The van der Waals surface area contributed by atoms with Crippen LogP contribution in [-0.2, 0) is 43.0 Å². The fourth-order valence-corrected chi connectivity index (χ4v) is 8.94. The fraction of sp³-hybridized carbons (Fsp3) is 0.892. The Morgan fingerprint density at radius 1 is 0.259 bits per heavy atom. The quantitative estimate of drug-likeness (QED) is 0.0288. The van der Waals surface area contributed by atoms with Crippen LogP contribution in [0.1, 0.15) is 282 Å². The van der Waals surface area contributed by atoms with Crippen LogP contribution in [0.4, 0.5) is 0 Å². The molecule has 81 heavy (non-hydrogen) atoms. The Hall–Kier alpha value is -3.79. The van der Waals surface area contributed by atoms with Gasteiger partial charge in [-0.15, -0.1) is 0 Å². The minimum Gasteiger partial charge on any atom is -0.378 e. The Kier molecular flexibility index (Phi) is 43.5. The highest BCUT2D eigenvalue weighted by molar-refractivity contribution is 5.78. The first kappa shape index (κ1) is 77.2. The number of ether oxygens (including phenoxy) is 2. The van der Waals surface area contributed by atoms with Gasteiger partial charge in [-0.05, 0) is 124 Å². The number of unbranched alkanes of at least 4 members (excludes halogenated alkanes) is 14. The van der Waals surface area contributed by atoms with Crippen LogP contribution in [0.25, 0.3) is 0 Å². The van der Waals surface area contributed by atoms with E-state index in [4.69, 9.17) is 9.47 Å². The molecule has 0 aliphatic heterocycles. The predicted octanol–water partition coefficient (Wildman–Crippen LogP) is 11.8. The molecule has 0 bridgehead atoms. The van der Waals surface area contributed by atoms with E-state index in [-0.39, 0.29) is 96.9 Å². The molecule has 0 radical (unpaired) electrons. The molecule has 0 aromatic heterocycles. The molecule has 7 N–H and O–H groups in total. The summed E-state index contributed by atoms with van der Waals surface area (Å²) in [5.74, 6) is -0.162. The number of hydrogen-bond donors (Lipinski definition) is 7. The van der Waals surface area contributed by atoms with Crippen LogP contribution < -0.4 is 37.2 Å². The number of carbonyl (C=O) groups is 7. The summed E-state index contributed by atoms with van der Waals surface area (Å²) in [5.41, 5.74) is -0.222. The highest BCUT2D eigenvalue weighted by Gasteiger charge is 2.33. The third-order valence-corrected chi connectivity index (χ3v) is 14.3. The van der Waals surface area contributed by atoms with E-state index in [1.165, 1.54) is 32.1 Å². The Bertz CT molecular complexity index is 1540. The van der Waals surface area contributed by atoms with Gasteiger partial charge in [-0.3, -0.25) is 33.6 Å². The van der Waals surface area contributed by atoms with Crippen molar-refractivity contribution in [3.05, 3.63) is 0 Å². The Morgan fingerprint density at radius 3 is 0.840 bits per heavy atom. The van der Waals surface area contributed by atoms with Gasteiger partial charge in [0.25, 0.3) is 0 Å². The number of rotatable bonds is 50. The van der Waals surface area contributed by atoms with Crippen LogP contribution in [0.2, 0.25) is 0 Å². The van der Waals surface area contributed by atoms with E-state index in [0.29, 0.717) is 96.1 Å². The van der Waals surface area contributed by atoms with Crippen LogP contribution in [0.3, 0.4) is 0 Å². The van der Waals surface area contributed by atoms with Crippen molar-refractivity contribution < 1.29 is 43.0 Å². The molecule has 0 aromatic carbocycles. The van der Waals surface area contributed by atoms with Crippen molar-refractivity contribution in [2.45, 2.75) is 288 Å². The summed E-state index contributed by atoms with van der Waals surface area (Å²) in [7, 11) is 0. The molecule has 0 unspecified atom stereocenters.